The third-order valence-electron chi connectivity index (χ3n) is 3.49. The highest BCUT2D eigenvalue weighted by Gasteiger charge is 2.17. The van der Waals surface area contributed by atoms with Crippen molar-refractivity contribution in [3.63, 3.8) is 0 Å². The summed E-state index contributed by atoms with van der Waals surface area (Å²) >= 11 is 0. The van der Waals surface area contributed by atoms with E-state index in [2.05, 4.69) is 5.32 Å². The molecule has 0 spiro atoms. The second-order valence-electron chi connectivity index (χ2n) is 4.96. The van der Waals surface area contributed by atoms with Crippen LogP contribution in [0.4, 0.5) is 5.69 Å². The van der Waals surface area contributed by atoms with Crippen LogP contribution in [0.2, 0.25) is 0 Å². The second kappa shape index (κ2) is 7.26. The predicted octanol–water partition coefficient (Wildman–Crippen LogP) is 2.05. The average Bonchev–Trinajstić information content (AvgIpc) is 2.99. The van der Waals surface area contributed by atoms with E-state index in [1.807, 2.05) is 18.2 Å². The minimum atomic E-state index is -0.0145. The average molecular weight is 278 g/mol. The van der Waals surface area contributed by atoms with Gasteiger partial charge in [0.1, 0.15) is 5.75 Å². The molecule has 1 heterocycles. The number of carbonyl (C=O) groups excluding carboxylic acids is 1. The largest absolute Gasteiger partial charge is 0.495 e. The monoisotopic (exact) mass is 278 g/mol. The maximum atomic E-state index is 11.9. The van der Waals surface area contributed by atoms with Crippen LogP contribution in [0.15, 0.2) is 18.2 Å². The van der Waals surface area contributed by atoms with Gasteiger partial charge in [0.2, 0.25) is 5.91 Å². The summed E-state index contributed by atoms with van der Waals surface area (Å²) in [6, 6.07) is 5.55. The minimum Gasteiger partial charge on any atom is -0.495 e. The van der Waals surface area contributed by atoms with E-state index in [0.29, 0.717) is 24.4 Å². The summed E-state index contributed by atoms with van der Waals surface area (Å²) in [5.41, 5.74) is 7.24. The van der Waals surface area contributed by atoms with Crippen LogP contribution in [0, 0.1) is 0 Å². The number of amides is 1. The Morgan fingerprint density at radius 2 is 2.40 bits per heavy atom. The number of hydrogen-bond acceptors (Lipinski definition) is 4. The van der Waals surface area contributed by atoms with Crippen molar-refractivity contribution in [2.45, 2.75) is 38.3 Å². The van der Waals surface area contributed by atoms with Crippen molar-refractivity contribution in [1.82, 2.24) is 0 Å². The number of carbonyl (C=O) groups is 1. The molecule has 1 amide bonds. The van der Waals surface area contributed by atoms with Crippen molar-refractivity contribution in [1.29, 1.82) is 0 Å². The topological polar surface area (TPSA) is 73.6 Å². The molecule has 0 aliphatic carbocycles. The van der Waals surface area contributed by atoms with Gasteiger partial charge in [-0.3, -0.25) is 4.79 Å². The van der Waals surface area contributed by atoms with Crippen LogP contribution in [-0.2, 0) is 16.1 Å². The van der Waals surface area contributed by atoms with Gasteiger partial charge >= 0.3 is 0 Å². The summed E-state index contributed by atoms with van der Waals surface area (Å²) in [5, 5.41) is 2.88. The molecular weight excluding hydrogens is 256 g/mol. The zero-order valence-corrected chi connectivity index (χ0v) is 11.9. The number of benzene rings is 1. The van der Waals surface area contributed by atoms with Gasteiger partial charge in [-0.15, -0.1) is 0 Å². The van der Waals surface area contributed by atoms with Crippen molar-refractivity contribution < 1.29 is 14.3 Å². The van der Waals surface area contributed by atoms with Gasteiger partial charge in [0, 0.05) is 19.6 Å². The summed E-state index contributed by atoms with van der Waals surface area (Å²) in [4.78, 5) is 11.9. The first kappa shape index (κ1) is 14.8. The van der Waals surface area contributed by atoms with Gasteiger partial charge in [0.15, 0.2) is 0 Å². The summed E-state index contributed by atoms with van der Waals surface area (Å²) < 4.78 is 10.8. The third kappa shape index (κ3) is 3.95. The lowest BCUT2D eigenvalue weighted by Crippen LogP contribution is -2.15. The van der Waals surface area contributed by atoms with E-state index in [9.17, 15) is 4.79 Å². The second-order valence-corrected chi connectivity index (χ2v) is 4.96. The van der Waals surface area contributed by atoms with Crippen LogP contribution < -0.4 is 15.8 Å². The molecule has 1 saturated heterocycles. The zero-order valence-electron chi connectivity index (χ0n) is 11.9. The van der Waals surface area contributed by atoms with E-state index in [4.69, 9.17) is 15.2 Å². The Balaban J connectivity index is 1.89. The number of methoxy groups -OCH3 is 1. The first-order valence-corrected chi connectivity index (χ1v) is 7.01. The number of hydrogen-bond donors (Lipinski definition) is 2. The van der Waals surface area contributed by atoms with Crippen molar-refractivity contribution in [2.24, 2.45) is 5.73 Å². The quantitative estimate of drug-likeness (QED) is 0.835. The summed E-state index contributed by atoms with van der Waals surface area (Å²) in [5.74, 6) is 0.623. The first-order chi connectivity index (χ1) is 9.72. The van der Waals surface area contributed by atoms with Crippen LogP contribution in [0.1, 0.15) is 31.2 Å². The first-order valence-electron chi connectivity index (χ1n) is 7.01. The Bertz CT molecular complexity index is 456. The van der Waals surface area contributed by atoms with Crippen LogP contribution in [-0.4, -0.2) is 25.7 Å². The van der Waals surface area contributed by atoms with Crippen LogP contribution >= 0.6 is 0 Å². The van der Waals surface area contributed by atoms with Crippen LogP contribution in [0.25, 0.3) is 0 Å². The Labute approximate surface area is 119 Å². The van der Waals surface area contributed by atoms with Gasteiger partial charge in [-0.05, 0) is 37.0 Å². The molecule has 0 bridgehead atoms. The molecule has 1 aliphatic heterocycles. The Hall–Kier alpha value is -1.59. The number of nitrogens with two attached hydrogens (primary N) is 1. The van der Waals surface area contributed by atoms with E-state index in [-0.39, 0.29) is 12.0 Å². The lowest BCUT2D eigenvalue weighted by atomic mass is 10.1. The summed E-state index contributed by atoms with van der Waals surface area (Å²) in [6.07, 6.45) is 3.63. The number of rotatable bonds is 6. The highest BCUT2D eigenvalue weighted by atomic mass is 16.5. The predicted molar refractivity (Wildman–Crippen MR) is 77.7 cm³/mol. The van der Waals surface area contributed by atoms with Crippen LogP contribution in [0.3, 0.4) is 0 Å². The molecule has 3 N–H and O–H groups in total. The Kier molecular flexibility index (Phi) is 5.38. The minimum absolute atomic E-state index is 0.0145. The van der Waals surface area contributed by atoms with Crippen molar-refractivity contribution >= 4 is 11.6 Å². The zero-order chi connectivity index (χ0) is 14.4. The maximum absolute atomic E-state index is 11.9. The van der Waals surface area contributed by atoms with Gasteiger partial charge < -0.3 is 20.5 Å². The molecule has 0 radical (unpaired) electrons. The van der Waals surface area contributed by atoms with Crippen molar-refractivity contribution in [3.8, 4) is 5.75 Å². The summed E-state index contributed by atoms with van der Waals surface area (Å²) in [6.45, 7) is 1.27. The fourth-order valence-electron chi connectivity index (χ4n) is 2.34. The van der Waals surface area contributed by atoms with Crippen molar-refractivity contribution in [3.05, 3.63) is 23.8 Å². The highest BCUT2D eigenvalue weighted by molar-refractivity contribution is 5.92. The fourth-order valence-corrected chi connectivity index (χ4v) is 2.34. The standard InChI is InChI=1S/C15H22N2O3/c1-19-14-9-11(10-16)4-6-13(14)17-15(18)7-5-12-3-2-8-20-12/h4,6,9,12H,2-3,5,7-8,10,16H2,1H3,(H,17,18). The fraction of sp³-hybridized carbons (Fsp3) is 0.533. The molecule has 1 atom stereocenters. The molecule has 1 aliphatic rings. The molecule has 2 rings (SSSR count). The number of anilines is 1. The SMILES string of the molecule is COc1cc(CN)ccc1NC(=O)CCC1CCCO1. The van der Waals surface area contributed by atoms with Gasteiger partial charge in [0.05, 0.1) is 18.9 Å². The lowest BCUT2D eigenvalue weighted by molar-refractivity contribution is -0.116. The Morgan fingerprint density at radius 3 is 3.05 bits per heavy atom. The molecule has 1 aromatic carbocycles. The third-order valence-corrected chi connectivity index (χ3v) is 3.49. The molecule has 5 nitrogen and oxygen atoms in total. The highest BCUT2D eigenvalue weighted by Crippen LogP contribution is 2.26. The van der Waals surface area contributed by atoms with Crippen LogP contribution in [0.5, 0.6) is 5.75 Å². The van der Waals surface area contributed by atoms with Gasteiger partial charge in [0.25, 0.3) is 0 Å². The van der Waals surface area contributed by atoms with E-state index in [1.54, 1.807) is 7.11 Å². The smallest absolute Gasteiger partial charge is 0.224 e. The molecule has 0 aromatic heterocycles. The van der Waals surface area contributed by atoms with E-state index in [1.165, 1.54) is 0 Å². The number of nitrogens with one attached hydrogen (secondary N) is 1. The van der Waals surface area contributed by atoms with E-state index < -0.39 is 0 Å². The lowest BCUT2D eigenvalue weighted by Gasteiger charge is -2.12. The van der Waals surface area contributed by atoms with Gasteiger partial charge in [-0.25, -0.2) is 0 Å². The molecular formula is C15H22N2O3. The Morgan fingerprint density at radius 1 is 1.55 bits per heavy atom. The normalized spacial score (nSPS) is 18.0. The molecule has 5 heteroatoms. The number of ether oxygens (including phenoxy) is 2. The molecule has 1 fully saturated rings. The van der Waals surface area contributed by atoms with Crippen molar-refractivity contribution in [2.75, 3.05) is 19.0 Å². The maximum Gasteiger partial charge on any atom is 0.224 e. The molecule has 1 aromatic rings. The molecule has 1 unspecified atom stereocenters. The van der Waals surface area contributed by atoms with E-state index in [0.717, 1.165) is 31.4 Å². The van der Waals surface area contributed by atoms with Gasteiger partial charge in [-0.1, -0.05) is 6.07 Å². The molecule has 0 saturated carbocycles. The molecule has 110 valence electrons. The van der Waals surface area contributed by atoms with Gasteiger partial charge in [-0.2, -0.15) is 0 Å². The molecule has 20 heavy (non-hydrogen) atoms. The summed E-state index contributed by atoms with van der Waals surface area (Å²) in [7, 11) is 1.58. The van der Waals surface area contributed by atoms with E-state index >= 15 is 0 Å².